The van der Waals surface area contributed by atoms with Crippen LogP contribution in [0.5, 0.6) is 5.75 Å². The van der Waals surface area contributed by atoms with E-state index >= 15 is 0 Å². The molecule has 9 heteroatoms. The molecule has 1 unspecified atom stereocenters. The Balaban J connectivity index is 2.37. The predicted molar refractivity (Wildman–Crippen MR) is 102 cm³/mol. The van der Waals surface area contributed by atoms with Crippen molar-refractivity contribution in [2.24, 2.45) is 0 Å². The van der Waals surface area contributed by atoms with Gasteiger partial charge < -0.3 is 21.5 Å². The molecule has 5 N–H and O–H groups in total. The van der Waals surface area contributed by atoms with Crippen LogP contribution in [0.3, 0.4) is 0 Å². The zero-order valence-electron chi connectivity index (χ0n) is 16.0. The van der Waals surface area contributed by atoms with E-state index in [4.69, 9.17) is 5.73 Å². The lowest BCUT2D eigenvalue weighted by Gasteiger charge is -2.34. The van der Waals surface area contributed by atoms with Crippen molar-refractivity contribution in [3.8, 4) is 5.75 Å². The molecule has 1 aliphatic heterocycles. The normalized spacial score (nSPS) is 21.9. The first-order chi connectivity index (χ1) is 12.8. The molecule has 0 spiro atoms. The Hall–Kier alpha value is -3.10. The van der Waals surface area contributed by atoms with Crippen molar-refractivity contribution in [2.45, 2.75) is 52.6 Å². The Morgan fingerprint density at radius 3 is 2.70 bits per heavy atom. The summed E-state index contributed by atoms with van der Waals surface area (Å²) < 4.78 is 0. The number of nitrogens with one attached hydrogen (secondary N) is 2. The number of aromatic hydroxyl groups is 1. The molecule has 0 aliphatic carbocycles. The van der Waals surface area contributed by atoms with Gasteiger partial charge in [0.15, 0.2) is 11.6 Å². The smallest absolute Gasteiger partial charge is 0.270 e. The van der Waals surface area contributed by atoms with E-state index in [1.807, 2.05) is 13.8 Å². The molecule has 27 heavy (non-hydrogen) atoms. The first kappa shape index (κ1) is 20.2. The van der Waals surface area contributed by atoms with E-state index in [9.17, 15) is 14.7 Å². The van der Waals surface area contributed by atoms with Crippen LogP contribution in [0, 0.1) is 0 Å². The fourth-order valence-corrected chi connectivity index (χ4v) is 3.31. The van der Waals surface area contributed by atoms with Crippen molar-refractivity contribution in [1.82, 2.24) is 20.2 Å². The fourth-order valence-electron chi connectivity index (χ4n) is 3.31. The van der Waals surface area contributed by atoms with Crippen molar-refractivity contribution in [3.63, 3.8) is 0 Å². The number of carbonyl (C=O) groups is 2. The van der Waals surface area contributed by atoms with Gasteiger partial charge in [0, 0.05) is 5.70 Å². The molecule has 146 valence electrons. The Morgan fingerprint density at radius 2 is 2.11 bits per heavy atom. The molecule has 1 aromatic heterocycles. The summed E-state index contributed by atoms with van der Waals surface area (Å²) in [6, 6.07) is 0. The van der Waals surface area contributed by atoms with Crippen LogP contribution >= 0.6 is 0 Å². The Bertz CT molecular complexity index is 804. The maximum Gasteiger partial charge on any atom is 0.270 e. The molecule has 1 aliphatic rings. The topological polar surface area (TPSA) is 133 Å². The highest BCUT2D eigenvalue weighted by Crippen LogP contribution is 2.33. The average Bonchev–Trinajstić information content (AvgIpc) is 2.91. The third-order valence-corrected chi connectivity index (χ3v) is 4.59. The maximum atomic E-state index is 12.6. The molecule has 1 aromatic rings. The van der Waals surface area contributed by atoms with Gasteiger partial charge in [-0.05, 0) is 38.3 Å². The highest BCUT2D eigenvalue weighted by atomic mass is 16.3. The summed E-state index contributed by atoms with van der Waals surface area (Å²) in [6.07, 6.45) is 5.74. The molecule has 0 radical (unpaired) electrons. The number of anilines is 2. The van der Waals surface area contributed by atoms with Crippen LogP contribution in [0.1, 0.15) is 47.0 Å². The first-order valence-electron chi connectivity index (χ1n) is 8.82. The summed E-state index contributed by atoms with van der Waals surface area (Å²) in [5, 5.41) is 15.8. The quantitative estimate of drug-likeness (QED) is 0.423. The monoisotopic (exact) mass is 374 g/mol. The van der Waals surface area contributed by atoms with E-state index in [2.05, 4.69) is 20.6 Å². The van der Waals surface area contributed by atoms with Crippen molar-refractivity contribution in [3.05, 3.63) is 29.4 Å². The van der Waals surface area contributed by atoms with E-state index in [1.165, 1.54) is 11.2 Å². The Morgan fingerprint density at radius 1 is 1.41 bits per heavy atom. The minimum atomic E-state index is -0.696. The van der Waals surface area contributed by atoms with Crippen LogP contribution in [0.25, 0.3) is 0 Å². The van der Waals surface area contributed by atoms with Gasteiger partial charge in [-0.2, -0.15) is 0 Å². The molecular formula is C18H26N6O3. The minimum absolute atomic E-state index is 0.0371. The second-order valence-corrected chi connectivity index (χ2v) is 6.50. The van der Waals surface area contributed by atoms with E-state index in [-0.39, 0.29) is 23.3 Å². The lowest BCUT2D eigenvalue weighted by molar-refractivity contribution is -0.121. The van der Waals surface area contributed by atoms with Crippen LogP contribution < -0.4 is 16.4 Å². The van der Waals surface area contributed by atoms with E-state index < -0.39 is 5.66 Å². The Labute approximate surface area is 158 Å². The molecule has 0 bridgehead atoms. The van der Waals surface area contributed by atoms with Gasteiger partial charge in [0.1, 0.15) is 17.7 Å². The zero-order valence-corrected chi connectivity index (χ0v) is 16.0. The second-order valence-electron chi connectivity index (χ2n) is 6.50. The second kappa shape index (κ2) is 8.07. The molecule has 0 aromatic carbocycles. The number of nitrogens with zero attached hydrogens (tertiary/aromatic N) is 3. The summed E-state index contributed by atoms with van der Waals surface area (Å²) >= 11 is 0. The molecule has 1 fully saturated rings. The third-order valence-electron chi connectivity index (χ3n) is 4.59. The summed E-state index contributed by atoms with van der Waals surface area (Å²) in [6.45, 7) is 7.45. The zero-order chi connectivity index (χ0) is 20.2. The molecule has 9 nitrogen and oxygen atoms in total. The summed E-state index contributed by atoms with van der Waals surface area (Å²) in [4.78, 5) is 33.5. The van der Waals surface area contributed by atoms with Gasteiger partial charge in [-0.25, -0.2) is 9.97 Å². The van der Waals surface area contributed by atoms with Gasteiger partial charge in [0.25, 0.3) is 5.91 Å². The number of carbonyl (C=O) groups excluding carboxylic acids is 2. The highest BCUT2D eigenvalue weighted by molar-refractivity contribution is 5.99. The van der Waals surface area contributed by atoms with Crippen molar-refractivity contribution in [2.75, 3.05) is 11.1 Å². The standard InChI is InChI=1S/C18H26N6O3/c1-5-7-18(6-2)23-17(27)13(24(18)10-25)11(3)8-12(4)22-16-14(26)15(19)20-9-21-16/h8-10,26H,5-7H2,1-4H3,(H,23,27)(H3,19,20,21,22)/b12-8+,13-11-. The summed E-state index contributed by atoms with van der Waals surface area (Å²) in [7, 11) is 0. The Kier molecular flexibility index (Phi) is 6.04. The number of aromatic nitrogens is 2. The van der Waals surface area contributed by atoms with Crippen LogP contribution in [0.15, 0.2) is 29.4 Å². The van der Waals surface area contributed by atoms with Gasteiger partial charge in [0.05, 0.1) is 0 Å². The van der Waals surface area contributed by atoms with Crippen LogP contribution in [0.2, 0.25) is 0 Å². The number of rotatable bonds is 7. The molecular weight excluding hydrogens is 348 g/mol. The number of amides is 2. The van der Waals surface area contributed by atoms with Crippen LogP contribution in [0.4, 0.5) is 11.6 Å². The largest absolute Gasteiger partial charge is 0.502 e. The molecule has 1 atom stereocenters. The fraction of sp³-hybridized carbons (Fsp3) is 0.444. The molecule has 1 saturated heterocycles. The van der Waals surface area contributed by atoms with Crippen LogP contribution in [-0.2, 0) is 9.59 Å². The van der Waals surface area contributed by atoms with Gasteiger partial charge in [-0.15, -0.1) is 0 Å². The van der Waals surface area contributed by atoms with Gasteiger partial charge in [-0.1, -0.05) is 20.3 Å². The highest BCUT2D eigenvalue weighted by Gasteiger charge is 2.46. The molecule has 2 amide bonds. The minimum Gasteiger partial charge on any atom is -0.502 e. The van der Waals surface area contributed by atoms with Gasteiger partial charge in [0.2, 0.25) is 12.2 Å². The van der Waals surface area contributed by atoms with Crippen molar-refractivity contribution in [1.29, 1.82) is 0 Å². The number of allylic oxidation sites excluding steroid dienone is 3. The average molecular weight is 374 g/mol. The summed E-state index contributed by atoms with van der Waals surface area (Å²) in [5.41, 5.74) is 6.39. The predicted octanol–water partition coefficient (Wildman–Crippen LogP) is 1.85. The first-order valence-corrected chi connectivity index (χ1v) is 8.82. The SMILES string of the molecule is CCCC1(CC)NC(=O)/C(=C(C)/C=C(\C)Nc2ncnc(N)c2O)N1C=O. The van der Waals surface area contributed by atoms with Gasteiger partial charge in [-0.3, -0.25) is 14.5 Å². The van der Waals surface area contributed by atoms with E-state index in [0.29, 0.717) is 36.2 Å². The van der Waals surface area contributed by atoms with E-state index in [0.717, 1.165) is 6.42 Å². The molecule has 2 heterocycles. The van der Waals surface area contributed by atoms with Crippen molar-refractivity contribution >= 4 is 24.0 Å². The third kappa shape index (κ3) is 3.86. The molecule has 0 saturated carbocycles. The number of nitrogen functional groups attached to an aromatic ring is 1. The number of hydrogen-bond donors (Lipinski definition) is 4. The molecule has 2 rings (SSSR count). The van der Waals surface area contributed by atoms with Gasteiger partial charge >= 0.3 is 0 Å². The lowest BCUT2D eigenvalue weighted by atomic mass is 10.0. The maximum absolute atomic E-state index is 12.6. The van der Waals surface area contributed by atoms with Crippen molar-refractivity contribution < 1.29 is 14.7 Å². The number of hydrogen-bond acceptors (Lipinski definition) is 7. The van der Waals surface area contributed by atoms with E-state index in [1.54, 1.807) is 19.9 Å². The summed E-state index contributed by atoms with van der Waals surface area (Å²) in [5.74, 6) is -0.416. The van der Waals surface area contributed by atoms with Crippen LogP contribution in [-0.4, -0.2) is 38.0 Å². The number of nitrogens with two attached hydrogens (primary N) is 1. The lowest BCUT2D eigenvalue weighted by Crippen LogP contribution is -2.50.